The highest BCUT2D eigenvalue weighted by Gasteiger charge is 2.17. The molecule has 4 heteroatoms. The molecule has 3 rings (SSSR count). The minimum absolute atomic E-state index is 0.386. The van der Waals surface area contributed by atoms with E-state index in [0.29, 0.717) is 11.6 Å². The highest BCUT2D eigenvalue weighted by molar-refractivity contribution is 5.86. The van der Waals surface area contributed by atoms with E-state index in [1.54, 1.807) is 7.11 Å². The quantitative estimate of drug-likeness (QED) is 0.790. The number of rotatable bonds is 3. The molecule has 4 nitrogen and oxygen atoms in total. The Morgan fingerprint density at radius 1 is 1.05 bits per heavy atom. The lowest BCUT2D eigenvalue weighted by Gasteiger charge is -2.05. The smallest absolute Gasteiger partial charge is 0.176 e. The Kier molecular flexibility index (Phi) is 3.36. The number of ether oxygens (including phenoxy) is 1. The van der Waals surface area contributed by atoms with Crippen molar-refractivity contribution < 1.29 is 9.26 Å². The largest absolute Gasteiger partial charge is 0.497 e. The van der Waals surface area contributed by atoms with Crippen LogP contribution in [0.2, 0.25) is 0 Å². The SMILES string of the molecule is COc1ccc(-c2c(N)noc2-c2cccc(C)c2)cc1. The summed E-state index contributed by atoms with van der Waals surface area (Å²) in [5.41, 5.74) is 9.86. The summed E-state index contributed by atoms with van der Waals surface area (Å²) >= 11 is 0. The van der Waals surface area contributed by atoms with Crippen LogP contribution < -0.4 is 10.5 Å². The molecule has 0 aliphatic heterocycles. The maximum atomic E-state index is 5.98. The van der Waals surface area contributed by atoms with Crippen LogP contribution in [0.3, 0.4) is 0 Å². The third kappa shape index (κ3) is 2.48. The van der Waals surface area contributed by atoms with Crippen LogP contribution in [0.5, 0.6) is 5.75 Å². The van der Waals surface area contributed by atoms with Crippen LogP contribution >= 0.6 is 0 Å². The zero-order chi connectivity index (χ0) is 14.8. The molecule has 1 heterocycles. The van der Waals surface area contributed by atoms with E-state index in [1.807, 2.05) is 55.5 Å². The van der Waals surface area contributed by atoms with Gasteiger partial charge < -0.3 is 15.0 Å². The lowest BCUT2D eigenvalue weighted by molar-refractivity contribution is 0.415. The van der Waals surface area contributed by atoms with Crippen LogP contribution in [0.4, 0.5) is 5.82 Å². The Labute approximate surface area is 123 Å². The minimum Gasteiger partial charge on any atom is -0.497 e. The molecular formula is C17H16N2O2. The summed E-state index contributed by atoms with van der Waals surface area (Å²) in [6, 6.07) is 15.7. The lowest BCUT2D eigenvalue weighted by Crippen LogP contribution is -1.89. The van der Waals surface area contributed by atoms with Crippen molar-refractivity contribution in [2.45, 2.75) is 6.92 Å². The summed E-state index contributed by atoms with van der Waals surface area (Å²) in [6.45, 7) is 2.04. The average Bonchev–Trinajstić information content (AvgIpc) is 2.89. The Bertz CT molecular complexity index is 761. The van der Waals surface area contributed by atoms with Crippen molar-refractivity contribution in [3.05, 3.63) is 54.1 Å². The van der Waals surface area contributed by atoms with E-state index in [4.69, 9.17) is 15.0 Å². The molecule has 0 aliphatic rings. The van der Waals surface area contributed by atoms with Crippen LogP contribution in [-0.2, 0) is 0 Å². The molecule has 106 valence electrons. The number of nitrogens with two attached hydrogens (primary N) is 1. The molecule has 0 unspecified atom stereocenters. The Hall–Kier alpha value is -2.75. The monoisotopic (exact) mass is 280 g/mol. The zero-order valence-corrected chi connectivity index (χ0v) is 12.0. The van der Waals surface area contributed by atoms with Gasteiger partial charge in [0.1, 0.15) is 5.75 Å². The first-order valence-corrected chi connectivity index (χ1v) is 6.65. The van der Waals surface area contributed by atoms with Gasteiger partial charge in [-0.15, -0.1) is 0 Å². The van der Waals surface area contributed by atoms with Gasteiger partial charge in [0.15, 0.2) is 11.6 Å². The molecule has 0 saturated heterocycles. The third-order valence-electron chi connectivity index (χ3n) is 3.38. The maximum Gasteiger partial charge on any atom is 0.176 e. The lowest BCUT2D eigenvalue weighted by atomic mass is 10.0. The standard InChI is InChI=1S/C17H16N2O2/c1-11-4-3-5-13(10-11)16-15(17(18)19-21-16)12-6-8-14(20-2)9-7-12/h3-10H,1-2H3,(H2,18,19). The summed E-state index contributed by atoms with van der Waals surface area (Å²) in [7, 11) is 1.64. The van der Waals surface area contributed by atoms with Gasteiger partial charge in [0.2, 0.25) is 0 Å². The van der Waals surface area contributed by atoms with E-state index in [9.17, 15) is 0 Å². The molecule has 0 saturated carbocycles. The van der Waals surface area contributed by atoms with E-state index in [2.05, 4.69) is 5.16 Å². The number of methoxy groups -OCH3 is 1. The van der Waals surface area contributed by atoms with Crippen molar-refractivity contribution in [2.24, 2.45) is 0 Å². The molecule has 3 aromatic rings. The van der Waals surface area contributed by atoms with Gasteiger partial charge in [0, 0.05) is 5.56 Å². The maximum absolute atomic E-state index is 5.98. The van der Waals surface area contributed by atoms with Gasteiger partial charge in [-0.25, -0.2) is 0 Å². The number of nitrogen functional groups attached to an aromatic ring is 1. The van der Waals surface area contributed by atoms with Gasteiger partial charge in [-0.2, -0.15) is 0 Å². The van der Waals surface area contributed by atoms with Crippen molar-refractivity contribution in [3.63, 3.8) is 0 Å². The highest BCUT2D eigenvalue weighted by Crippen LogP contribution is 2.37. The Balaban J connectivity index is 2.12. The molecule has 0 radical (unpaired) electrons. The van der Waals surface area contributed by atoms with Gasteiger partial charge in [-0.1, -0.05) is 41.1 Å². The number of aryl methyl sites for hydroxylation is 1. The van der Waals surface area contributed by atoms with Crippen LogP contribution in [-0.4, -0.2) is 12.3 Å². The molecule has 2 aromatic carbocycles. The molecule has 0 spiro atoms. The Morgan fingerprint density at radius 3 is 2.48 bits per heavy atom. The van der Waals surface area contributed by atoms with Crippen LogP contribution in [0.1, 0.15) is 5.56 Å². The number of hydrogen-bond acceptors (Lipinski definition) is 4. The number of nitrogens with zero attached hydrogens (tertiary/aromatic N) is 1. The fourth-order valence-electron chi connectivity index (χ4n) is 2.32. The third-order valence-corrected chi connectivity index (χ3v) is 3.38. The van der Waals surface area contributed by atoms with Gasteiger partial charge >= 0.3 is 0 Å². The van der Waals surface area contributed by atoms with E-state index in [-0.39, 0.29) is 0 Å². The van der Waals surface area contributed by atoms with Crippen LogP contribution in [0.25, 0.3) is 22.5 Å². The molecule has 2 N–H and O–H groups in total. The molecule has 0 bridgehead atoms. The number of anilines is 1. The van der Waals surface area contributed by atoms with Crippen molar-refractivity contribution in [1.29, 1.82) is 0 Å². The minimum atomic E-state index is 0.386. The van der Waals surface area contributed by atoms with Crippen molar-refractivity contribution in [3.8, 4) is 28.2 Å². The molecule has 0 fully saturated rings. The summed E-state index contributed by atoms with van der Waals surface area (Å²) < 4.78 is 10.6. The topological polar surface area (TPSA) is 61.3 Å². The average molecular weight is 280 g/mol. The van der Waals surface area contributed by atoms with Gasteiger partial charge in [0.05, 0.1) is 12.7 Å². The highest BCUT2D eigenvalue weighted by atomic mass is 16.5. The van der Waals surface area contributed by atoms with E-state index in [1.165, 1.54) is 0 Å². The number of benzene rings is 2. The molecule has 21 heavy (non-hydrogen) atoms. The van der Waals surface area contributed by atoms with Crippen LogP contribution in [0, 0.1) is 6.92 Å². The first-order valence-electron chi connectivity index (χ1n) is 6.65. The molecule has 1 aromatic heterocycles. The molecular weight excluding hydrogens is 264 g/mol. The summed E-state index contributed by atoms with van der Waals surface area (Å²) in [5.74, 6) is 1.86. The van der Waals surface area contributed by atoms with Gasteiger partial charge in [-0.3, -0.25) is 0 Å². The van der Waals surface area contributed by atoms with Gasteiger partial charge in [-0.05, 0) is 30.7 Å². The van der Waals surface area contributed by atoms with Crippen molar-refractivity contribution >= 4 is 5.82 Å². The van der Waals surface area contributed by atoms with Gasteiger partial charge in [0.25, 0.3) is 0 Å². The van der Waals surface area contributed by atoms with Crippen LogP contribution in [0.15, 0.2) is 53.1 Å². The van der Waals surface area contributed by atoms with E-state index >= 15 is 0 Å². The zero-order valence-electron chi connectivity index (χ0n) is 12.0. The molecule has 0 aliphatic carbocycles. The van der Waals surface area contributed by atoms with E-state index in [0.717, 1.165) is 28.0 Å². The predicted octanol–water partition coefficient (Wildman–Crippen LogP) is 3.91. The Morgan fingerprint density at radius 2 is 1.81 bits per heavy atom. The second kappa shape index (κ2) is 5.32. The first kappa shape index (κ1) is 13.2. The molecule has 0 atom stereocenters. The van der Waals surface area contributed by atoms with Crippen molar-refractivity contribution in [2.75, 3.05) is 12.8 Å². The molecule has 0 amide bonds. The number of hydrogen-bond donors (Lipinski definition) is 1. The normalized spacial score (nSPS) is 10.6. The number of aromatic nitrogens is 1. The summed E-state index contributed by atoms with van der Waals surface area (Å²) in [6.07, 6.45) is 0. The fourth-order valence-corrected chi connectivity index (χ4v) is 2.32. The first-order chi connectivity index (χ1) is 10.2. The second-order valence-corrected chi connectivity index (χ2v) is 4.87. The second-order valence-electron chi connectivity index (χ2n) is 4.87. The summed E-state index contributed by atoms with van der Waals surface area (Å²) in [4.78, 5) is 0. The fraction of sp³-hybridized carbons (Fsp3) is 0.118. The summed E-state index contributed by atoms with van der Waals surface area (Å²) in [5, 5.41) is 3.91. The van der Waals surface area contributed by atoms with E-state index < -0.39 is 0 Å². The van der Waals surface area contributed by atoms with Crippen molar-refractivity contribution in [1.82, 2.24) is 5.16 Å². The predicted molar refractivity (Wildman–Crippen MR) is 83.1 cm³/mol.